The fraction of sp³-hybridized carbons (Fsp3) is 0.500. The molecule has 1 aromatic carbocycles. The lowest BCUT2D eigenvalue weighted by Crippen LogP contribution is -2.46. The fourth-order valence-corrected chi connectivity index (χ4v) is 4.42. The van der Waals surface area contributed by atoms with Gasteiger partial charge in [0.1, 0.15) is 0 Å². The van der Waals surface area contributed by atoms with E-state index in [9.17, 15) is 8.42 Å². The molecule has 0 N–H and O–H groups in total. The molecule has 0 spiro atoms. The van der Waals surface area contributed by atoms with Gasteiger partial charge in [-0.3, -0.25) is 4.90 Å². The molecule has 23 heavy (non-hydrogen) atoms. The monoisotopic (exact) mass is 335 g/mol. The molecule has 1 aliphatic rings. The molecule has 0 saturated carbocycles. The second-order valence-corrected chi connectivity index (χ2v) is 8.25. The zero-order chi connectivity index (χ0) is 16.3. The van der Waals surface area contributed by atoms with Crippen molar-refractivity contribution in [2.45, 2.75) is 32.4 Å². The zero-order valence-electron chi connectivity index (χ0n) is 13.2. The van der Waals surface area contributed by atoms with Crippen molar-refractivity contribution >= 4 is 9.84 Å². The SMILES string of the molecule is CC1CS(=O)(=O)CCN1Cc1nc(CCc2ccccc2)no1. The minimum Gasteiger partial charge on any atom is -0.338 e. The first-order valence-corrected chi connectivity index (χ1v) is 9.64. The maximum atomic E-state index is 11.6. The lowest BCUT2D eigenvalue weighted by molar-refractivity contribution is 0.189. The number of sulfone groups is 1. The van der Waals surface area contributed by atoms with Crippen molar-refractivity contribution in [2.75, 3.05) is 18.1 Å². The minimum absolute atomic E-state index is 0.0200. The number of benzene rings is 1. The van der Waals surface area contributed by atoms with Crippen molar-refractivity contribution in [1.82, 2.24) is 15.0 Å². The smallest absolute Gasteiger partial charge is 0.240 e. The highest BCUT2D eigenvalue weighted by molar-refractivity contribution is 7.91. The van der Waals surface area contributed by atoms with E-state index in [4.69, 9.17) is 4.52 Å². The first-order valence-electron chi connectivity index (χ1n) is 7.82. The lowest BCUT2D eigenvalue weighted by Gasteiger charge is -2.31. The van der Waals surface area contributed by atoms with Gasteiger partial charge < -0.3 is 4.52 Å². The highest BCUT2D eigenvalue weighted by Gasteiger charge is 2.29. The van der Waals surface area contributed by atoms with Crippen LogP contribution >= 0.6 is 0 Å². The Morgan fingerprint density at radius 3 is 2.78 bits per heavy atom. The van der Waals surface area contributed by atoms with Gasteiger partial charge in [-0.1, -0.05) is 35.5 Å². The van der Waals surface area contributed by atoms with Crippen LogP contribution in [0.25, 0.3) is 0 Å². The summed E-state index contributed by atoms with van der Waals surface area (Å²) in [6, 6.07) is 10.2. The second kappa shape index (κ2) is 6.80. The summed E-state index contributed by atoms with van der Waals surface area (Å²) in [5.41, 5.74) is 1.24. The summed E-state index contributed by atoms with van der Waals surface area (Å²) in [5.74, 6) is 1.65. The van der Waals surface area contributed by atoms with Crippen LogP contribution in [-0.4, -0.2) is 47.6 Å². The van der Waals surface area contributed by atoms with Crippen LogP contribution in [0.1, 0.15) is 24.2 Å². The molecule has 2 aromatic rings. The molecule has 7 heteroatoms. The van der Waals surface area contributed by atoms with Gasteiger partial charge in [0.05, 0.1) is 18.1 Å². The lowest BCUT2D eigenvalue weighted by atomic mass is 10.1. The van der Waals surface area contributed by atoms with E-state index in [1.54, 1.807) is 0 Å². The summed E-state index contributed by atoms with van der Waals surface area (Å²) in [6.45, 7) is 2.95. The maximum Gasteiger partial charge on any atom is 0.240 e. The molecular weight excluding hydrogens is 314 g/mol. The average molecular weight is 335 g/mol. The van der Waals surface area contributed by atoms with Gasteiger partial charge in [0, 0.05) is 19.0 Å². The van der Waals surface area contributed by atoms with Crippen LogP contribution in [0.5, 0.6) is 0 Å². The summed E-state index contributed by atoms with van der Waals surface area (Å²) < 4.78 is 28.5. The maximum absolute atomic E-state index is 11.6. The Hall–Kier alpha value is -1.73. The van der Waals surface area contributed by atoms with Gasteiger partial charge in [-0.15, -0.1) is 0 Å². The topological polar surface area (TPSA) is 76.3 Å². The number of nitrogens with zero attached hydrogens (tertiary/aromatic N) is 3. The predicted molar refractivity (Wildman–Crippen MR) is 86.7 cm³/mol. The van der Waals surface area contributed by atoms with E-state index in [0.29, 0.717) is 24.8 Å². The fourth-order valence-electron chi connectivity index (χ4n) is 2.80. The van der Waals surface area contributed by atoms with Crippen molar-refractivity contribution in [2.24, 2.45) is 0 Å². The zero-order valence-corrected chi connectivity index (χ0v) is 14.0. The van der Waals surface area contributed by atoms with Crippen molar-refractivity contribution < 1.29 is 12.9 Å². The summed E-state index contributed by atoms with van der Waals surface area (Å²) in [7, 11) is -2.90. The summed E-state index contributed by atoms with van der Waals surface area (Å²) in [4.78, 5) is 6.50. The Labute approximate surface area is 136 Å². The Morgan fingerprint density at radius 2 is 2.04 bits per heavy atom. The van der Waals surface area contributed by atoms with Gasteiger partial charge >= 0.3 is 0 Å². The van der Waals surface area contributed by atoms with Crippen LogP contribution in [-0.2, 0) is 29.2 Å². The third kappa shape index (κ3) is 4.39. The first kappa shape index (κ1) is 16.1. The predicted octanol–water partition coefficient (Wildman–Crippen LogP) is 1.47. The van der Waals surface area contributed by atoms with Gasteiger partial charge in [-0.2, -0.15) is 4.98 Å². The van der Waals surface area contributed by atoms with E-state index in [1.807, 2.05) is 25.1 Å². The van der Waals surface area contributed by atoms with E-state index < -0.39 is 9.84 Å². The highest BCUT2D eigenvalue weighted by Crippen LogP contribution is 2.15. The van der Waals surface area contributed by atoms with Crippen molar-refractivity contribution in [3.63, 3.8) is 0 Å². The Bertz CT molecular complexity index is 743. The average Bonchev–Trinajstić information content (AvgIpc) is 2.96. The third-order valence-electron chi connectivity index (χ3n) is 4.14. The van der Waals surface area contributed by atoms with E-state index in [2.05, 4.69) is 27.2 Å². The Morgan fingerprint density at radius 1 is 1.26 bits per heavy atom. The van der Waals surface area contributed by atoms with Gasteiger partial charge in [-0.05, 0) is 18.9 Å². The van der Waals surface area contributed by atoms with Crippen LogP contribution in [0.2, 0.25) is 0 Å². The third-order valence-corrected chi connectivity index (χ3v) is 5.93. The minimum atomic E-state index is -2.90. The van der Waals surface area contributed by atoms with Crippen molar-refractivity contribution in [3.8, 4) is 0 Å². The number of hydrogen-bond donors (Lipinski definition) is 0. The second-order valence-electron chi connectivity index (χ2n) is 6.02. The van der Waals surface area contributed by atoms with Crippen LogP contribution in [0.3, 0.4) is 0 Å². The molecule has 2 heterocycles. The van der Waals surface area contributed by atoms with Gasteiger partial charge in [0.25, 0.3) is 0 Å². The molecule has 0 radical (unpaired) electrons. The van der Waals surface area contributed by atoms with E-state index in [1.165, 1.54) is 5.56 Å². The van der Waals surface area contributed by atoms with Gasteiger partial charge in [0.2, 0.25) is 5.89 Å². The largest absolute Gasteiger partial charge is 0.338 e. The van der Waals surface area contributed by atoms with Crippen LogP contribution in [0.4, 0.5) is 0 Å². The normalized spacial score (nSPS) is 21.3. The van der Waals surface area contributed by atoms with Crippen molar-refractivity contribution in [3.05, 3.63) is 47.6 Å². The molecule has 1 unspecified atom stereocenters. The summed E-state index contributed by atoms with van der Waals surface area (Å²) >= 11 is 0. The molecule has 0 aliphatic carbocycles. The number of aryl methyl sites for hydroxylation is 2. The van der Waals surface area contributed by atoms with Crippen molar-refractivity contribution in [1.29, 1.82) is 0 Å². The van der Waals surface area contributed by atoms with Crippen LogP contribution < -0.4 is 0 Å². The molecule has 3 rings (SSSR count). The first-order chi connectivity index (χ1) is 11.0. The highest BCUT2D eigenvalue weighted by atomic mass is 32.2. The van der Waals surface area contributed by atoms with Gasteiger partial charge in [-0.25, -0.2) is 8.42 Å². The molecule has 1 saturated heterocycles. The standard InChI is InChI=1S/C16H21N3O3S/c1-13-12-23(20,21)10-9-19(13)11-16-17-15(18-22-16)8-7-14-5-3-2-4-6-14/h2-6,13H,7-12H2,1H3. The molecule has 1 atom stereocenters. The number of rotatable bonds is 5. The van der Waals surface area contributed by atoms with Crippen LogP contribution in [0.15, 0.2) is 34.9 Å². The summed E-state index contributed by atoms with van der Waals surface area (Å²) in [5, 5.41) is 4.02. The number of aromatic nitrogens is 2. The van der Waals surface area contributed by atoms with Gasteiger partial charge in [0.15, 0.2) is 15.7 Å². The molecule has 1 aliphatic heterocycles. The van der Waals surface area contributed by atoms with Crippen LogP contribution in [0, 0.1) is 0 Å². The molecular formula is C16H21N3O3S. The van der Waals surface area contributed by atoms with E-state index >= 15 is 0 Å². The summed E-state index contributed by atoms with van der Waals surface area (Å²) in [6.07, 6.45) is 1.61. The van der Waals surface area contributed by atoms with E-state index in [0.717, 1.165) is 12.8 Å². The Balaban J connectivity index is 1.55. The molecule has 0 amide bonds. The molecule has 124 valence electrons. The molecule has 6 nitrogen and oxygen atoms in total. The van der Waals surface area contributed by atoms with E-state index in [-0.39, 0.29) is 17.5 Å². The number of hydrogen-bond acceptors (Lipinski definition) is 6. The Kier molecular flexibility index (Phi) is 4.77. The quantitative estimate of drug-likeness (QED) is 0.824. The molecule has 1 fully saturated rings. The molecule has 0 bridgehead atoms. The molecule has 1 aromatic heterocycles.